The molecule has 6 nitrogen and oxygen atoms in total. The number of methoxy groups -OCH3 is 1. The summed E-state index contributed by atoms with van der Waals surface area (Å²) in [6.45, 7) is 0.927. The first-order chi connectivity index (χ1) is 17.2. The van der Waals surface area contributed by atoms with Crippen molar-refractivity contribution in [3.63, 3.8) is 0 Å². The van der Waals surface area contributed by atoms with Crippen molar-refractivity contribution in [3.8, 4) is 5.19 Å². The summed E-state index contributed by atoms with van der Waals surface area (Å²) in [6, 6.07) is 25.4. The first-order valence-electron chi connectivity index (χ1n) is 11.1. The van der Waals surface area contributed by atoms with Crippen molar-refractivity contribution in [1.29, 1.82) is 0 Å². The zero-order valence-corrected chi connectivity index (χ0v) is 19.9. The van der Waals surface area contributed by atoms with E-state index in [2.05, 4.69) is 27.4 Å². The Morgan fingerprint density at radius 1 is 1.00 bits per heavy atom. The number of aromatic nitrogens is 2. The highest BCUT2D eigenvalue weighted by atomic mass is 32.1. The lowest BCUT2D eigenvalue weighted by Gasteiger charge is -2.12. The van der Waals surface area contributed by atoms with E-state index in [1.165, 1.54) is 18.4 Å². The van der Waals surface area contributed by atoms with Crippen LogP contribution in [0.3, 0.4) is 0 Å². The summed E-state index contributed by atoms with van der Waals surface area (Å²) in [5, 5.41) is 5.16. The van der Waals surface area contributed by atoms with Crippen LogP contribution in [0.15, 0.2) is 90.6 Å². The Hall–Kier alpha value is -4.23. The van der Waals surface area contributed by atoms with Gasteiger partial charge < -0.3 is 14.8 Å². The summed E-state index contributed by atoms with van der Waals surface area (Å²) in [5.74, 6) is -0.356. The molecule has 0 saturated carbocycles. The van der Waals surface area contributed by atoms with Gasteiger partial charge in [-0.2, -0.15) is 0 Å². The lowest BCUT2D eigenvalue weighted by atomic mass is 10.1. The van der Waals surface area contributed by atoms with Crippen LogP contribution in [0, 0.1) is 0 Å². The molecule has 1 N–H and O–H groups in total. The van der Waals surface area contributed by atoms with Gasteiger partial charge in [-0.15, -0.1) is 0 Å². The van der Waals surface area contributed by atoms with E-state index < -0.39 is 0 Å². The molecule has 0 bridgehead atoms. The number of nitrogens with zero attached hydrogens (tertiary/aromatic N) is 2. The molecule has 174 valence electrons. The molecule has 5 aromatic rings. The Balaban J connectivity index is 1.35. The van der Waals surface area contributed by atoms with Gasteiger partial charge in [0.1, 0.15) is 6.61 Å². The molecular weight excluding hydrogens is 458 g/mol. The number of nitrogens with one attached hydrogen (secondary N) is 1. The molecule has 0 aliphatic rings. The largest absolute Gasteiger partial charge is 0.465 e. The van der Waals surface area contributed by atoms with Gasteiger partial charge in [-0.3, -0.25) is 4.98 Å². The average molecular weight is 482 g/mol. The number of carbonyl (C=O) groups is 1. The number of hydrogen-bond acceptors (Lipinski definition) is 7. The Bertz CT molecular complexity index is 1480. The molecular formula is C28H23N3O3S. The molecule has 5 rings (SSSR count). The molecule has 0 aliphatic heterocycles. The van der Waals surface area contributed by atoms with E-state index in [1.54, 1.807) is 12.1 Å². The van der Waals surface area contributed by atoms with Gasteiger partial charge in [0.2, 0.25) is 0 Å². The highest BCUT2D eigenvalue weighted by molar-refractivity contribution is 7.20. The molecule has 0 unspecified atom stereocenters. The van der Waals surface area contributed by atoms with Crippen molar-refractivity contribution in [1.82, 2.24) is 9.97 Å². The fraction of sp³-hybridized carbons (Fsp3) is 0.107. The van der Waals surface area contributed by atoms with Gasteiger partial charge >= 0.3 is 5.97 Å². The van der Waals surface area contributed by atoms with Gasteiger partial charge in [-0.05, 0) is 47.5 Å². The second kappa shape index (κ2) is 10.4. The van der Waals surface area contributed by atoms with Gasteiger partial charge in [-0.25, -0.2) is 9.78 Å². The third-order valence-electron chi connectivity index (χ3n) is 5.47. The number of thiazole rings is 1. The van der Waals surface area contributed by atoms with Crippen molar-refractivity contribution in [3.05, 3.63) is 102 Å². The summed E-state index contributed by atoms with van der Waals surface area (Å²) in [4.78, 5) is 20.9. The molecule has 0 radical (unpaired) electrons. The normalized spacial score (nSPS) is 11.5. The van der Waals surface area contributed by atoms with E-state index in [4.69, 9.17) is 9.47 Å². The maximum absolute atomic E-state index is 11.8. The number of para-hydroxylation sites is 2. The summed E-state index contributed by atoms with van der Waals surface area (Å²) in [6.07, 6.45) is 3.88. The van der Waals surface area contributed by atoms with Crippen molar-refractivity contribution in [2.24, 2.45) is 0 Å². The lowest BCUT2D eigenvalue weighted by molar-refractivity contribution is 0.0600. The number of benzene rings is 3. The van der Waals surface area contributed by atoms with E-state index in [0.29, 0.717) is 23.9 Å². The standard InChI is InChI=1S/C28H23N3O3S/c1-33-27(32)21-12-10-19(11-13-21)14-20(18-34-28-31-25-8-4-5-9-26(25)35-28)16-29-23-15-22-6-2-3-7-24(22)30-17-23/h2-15,17,29H,16,18H2,1H3. The molecule has 0 spiro atoms. The molecule has 0 saturated heterocycles. The summed E-state index contributed by atoms with van der Waals surface area (Å²) in [5.41, 5.74) is 5.30. The third-order valence-corrected chi connectivity index (χ3v) is 6.42. The summed E-state index contributed by atoms with van der Waals surface area (Å²) < 4.78 is 12.0. The Kier molecular flexibility index (Phi) is 6.68. The van der Waals surface area contributed by atoms with E-state index in [-0.39, 0.29) is 5.97 Å². The van der Waals surface area contributed by atoms with Crippen molar-refractivity contribution >= 4 is 50.2 Å². The maximum Gasteiger partial charge on any atom is 0.337 e. The average Bonchev–Trinajstić information content (AvgIpc) is 3.33. The van der Waals surface area contributed by atoms with Gasteiger partial charge in [0.15, 0.2) is 0 Å². The zero-order chi connectivity index (χ0) is 24.0. The van der Waals surface area contributed by atoms with Crippen LogP contribution < -0.4 is 10.1 Å². The number of hydrogen-bond donors (Lipinski definition) is 1. The second-order valence-electron chi connectivity index (χ2n) is 7.92. The summed E-state index contributed by atoms with van der Waals surface area (Å²) in [7, 11) is 1.38. The smallest absolute Gasteiger partial charge is 0.337 e. The molecule has 0 fully saturated rings. The maximum atomic E-state index is 11.8. The minimum absolute atomic E-state index is 0.356. The number of ether oxygens (including phenoxy) is 2. The number of pyridine rings is 1. The second-order valence-corrected chi connectivity index (χ2v) is 8.92. The highest BCUT2D eigenvalue weighted by Crippen LogP contribution is 2.28. The van der Waals surface area contributed by atoms with E-state index >= 15 is 0 Å². The SMILES string of the molecule is COC(=O)c1ccc(C=C(CNc2cnc3ccccc3c2)COc2nc3ccccc3s2)cc1. The predicted molar refractivity (Wildman–Crippen MR) is 141 cm³/mol. The van der Waals surface area contributed by atoms with Crippen LogP contribution in [0.5, 0.6) is 5.19 Å². The van der Waals surface area contributed by atoms with Crippen LogP contribution >= 0.6 is 11.3 Å². The van der Waals surface area contributed by atoms with E-state index in [0.717, 1.165) is 37.9 Å². The number of esters is 1. The van der Waals surface area contributed by atoms with E-state index in [9.17, 15) is 4.79 Å². The Morgan fingerprint density at radius 2 is 1.77 bits per heavy atom. The number of carbonyl (C=O) groups excluding carboxylic acids is 1. The van der Waals surface area contributed by atoms with Crippen molar-refractivity contribution in [2.45, 2.75) is 0 Å². The molecule has 2 aromatic heterocycles. The van der Waals surface area contributed by atoms with Gasteiger partial charge in [-0.1, -0.05) is 59.9 Å². The van der Waals surface area contributed by atoms with E-state index in [1.807, 2.05) is 66.9 Å². The Labute approximate surface area is 206 Å². The zero-order valence-electron chi connectivity index (χ0n) is 19.1. The fourth-order valence-corrected chi connectivity index (χ4v) is 4.48. The van der Waals surface area contributed by atoms with Gasteiger partial charge in [0.05, 0.1) is 40.3 Å². The molecule has 35 heavy (non-hydrogen) atoms. The van der Waals surface area contributed by atoms with Crippen LogP contribution in [0.4, 0.5) is 5.69 Å². The monoisotopic (exact) mass is 481 g/mol. The first kappa shape index (κ1) is 22.6. The molecule has 0 aliphatic carbocycles. The minimum atomic E-state index is -0.356. The summed E-state index contributed by atoms with van der Waals surface area (Å²) >= 11 is 1.53. The predicted octanol–water partition coefficient (Wildman–Crippen LogP) is 6.21. The third kappa shape index (κ3) is 5.47. The van der Waals surface area contributed by atoms with Crippen LogP contribution in [0.2, 0.25) is 0 Å². The molecule has 7 heteroatoms. The lowest BCUT2D eigenvalue weighted by Crippen LogP contribution is -2.12. The highest BCUT2D eigenvalue weighted by Gasteiger charge is 2.08. The minimum Gasteiger partial charge on any atom is -0.465 e. The quantitative estimate of drug-likeness (QED) is 0.266. The van der Waals surface area contributed by atoms with Crippen LogP contribution in [-0.4, -0.2) is 36.2 Å². The van der Waals surface area contributed by atoms with Crippen molar-refractivity contribution < 1.29 is 14.3 Å². The van der Waals surface area contributed by atoms with Crippen LogP contribution in [0.25, 0.3) is 27.2 Å². The fourth-order valence-electron chi connectivity index (χ4n) is 3.66. The number of rotatable bonds is 8. The molecule has 3 aromatic carbocycles. The molecule has 2 heterocycles. The van der Waals surface area contributed by atoms with Crippen LogP contribution in [0.1, 0.15) is 15.9 Å². The first-order valence-corrected chi connectivity index (χ1v) is 11.9. The number of fused-ring (bicyclic) bond motifs is 2. The van der Waals surface area contributed by atoms with Crippen LogP contribution in [-0.2, 0) is 4.74 Å². The van der Waals surface area contributed by atoms with Gasteiger partial charge in [0, 0.05) is 11.9 Å². The number of anilines is 1. The van der Waals surface area contributed by atoms with Crippen molar-refractivity contribution in [2.75, 3.05) is 25.6 Å². The Morgan fingerprint density at radius 3 is 2.57 bits per heavy atom. The molecule has 0 atom stereocenters. The topological polar surface area (TPSA) is 73.3 Å². The molecule has 0 amide bonds. The van der Waals surface area contributed by atoms with Gasteiger partial charge in [0.25, 0.3) is 5.19 Å².